The van der Waals surface area contributed by atoms with Crippen LogP contribution < -0.4 is 4.74 Å². The Morgan fingerprint density at radius 1 is 0.848 bits per heavy atom. The van der Waals surface area contributed by atoms with Gasteiger partial charge in [0.1, 0.15) is 12.4 Å². The lowest BCUT2D eigenvalue weighted by Crippen LogP contribution is -1.94. The third-order valence-electron chi connectivity index (χ3n) is 4.52. The molecule has 3 aromatic carbocycles. The molecule has 0 radical (unpaired) electrons. The Balaban J connectivity index is 1.50. The van der Waals surface area contributed by atoms with Crippen molar-refractivity contribution >= 4 is 39.8 Å². The molecule has 166 valence electrons. The highest BCUT2D eigenvalue weighted by atomic mass is 32.2. The van der Waals surface area contributed by atoms with E-state index in [9.17, 15) is 9.59 Å². The Hall–Kier alpha value is -3.28. The highest BCUT2D eigenvalue weighted by Gasteiger charge is 2.05. The zero-order valence-electron chi connectivity index (χ0n) is 18.3. The maximum absolute atomic E-state index is 11.7. The van der Waals surface area contributed by atoms with Crippen molar-refractivity contribution in [1.82, 2.24) is 0 Å². The van der Waals surface area contributed by atoms with Gasteiger partial charge in [0.2, 0.25) is 10.2 Å². The Kier molecular flexibility index (Phi) is 8.93. The van der Waals surface area contributed by atoms with Crippen molar-refractivity contribution in [1.29, 1.82) is 0 Å². The number of thioether (sulfide) groups is 2. The average molecular weight is 473 g/mol. The van der Waals surface area contributed by atoms with Crippen LogP contribution in [0.1, 0.15) is 12.5 Å². The molecule has 0 atom stereocenters. The summed E-state index contributed by atoms with van der Waals surface area (Å²) in [4.78, 5) is 24.9. The Bertz CT molecular complexity index is 1160. The fourth-order valence-corrected chi connectivity index (χ4v) is 4.03. The molecule has 0 aliphatic carbocycles. The first-order valence-electron chi connectivity index (χ1n) is 10.3. The van der Waals surface area contributed by atoms with Crippen LogP contribution in [0.2, 0.25) is 0 Å². The second-order valence-electron chi connectivity index (χ2n) is 7.13. The monoisotopic (exact) mass is 472 g/mol. The molecule has 0 spiro atoms. The molecule has 33 heavy (non-hydrogen) atoms. The van der Waals surface area contributed by atoms with E-state index in [-0.39, 0.29) is 10.2 Å². The summed E-state index contributed by atoms with van der Waals surface area (Å²) in [6.45, 7) is 9.31. The second-order valence-corrected chi connectivity index (χ2v) is 9.25. The number of ether oxygens (including phenoxy) is 1. The molecule has 0 fully saturated rings. The topological polar surface area (TPSA) is 43.4 Å². The second kappa shape index (κ2) is 12.1. The normalized spacial score (nSPS) is 10.7. The van der Waals surface area contributed by atoms with E-state index in [1.807, 2.05) is 60.7 Å². The van der Waals surface area contributed by atoms with E-state index in [1.165, 1.54) is 17.8 Å². The fourth-order valence-electron chi connectivity index (χ4n) is 2.79. The smallest absolute Gasteiger partial charge is 0.219 e. The lowest BCUT2D eigenvalue weighted by atomic mass is 10.0. The molecule has 0 bridgehead atoms. The molecule has 0 unspecified atom stereocenters. The van der Waals surface area contributed by atoms with Crippen molar-refractivity contribution < 1.29 is 14.3 Å². The maximum Gasteiger partial charge on any atom is 0.219 e. The quantitative estimate of drug-likeness (QED) is 0.239. The lowest BCUT2D eigenvalue weighted by molar-refractivity contribution is -0.108. The molecule has 0 aliphatic rings. The van der Waals surface area contributed by atoms with E-state index in [1.54, 1.807) is 6.92 Å². The van der Waals surface area contributed by atoms with Crippen LogP contribution in [0.5, 0.6) is 5.75 Å². The SMILES string of the molecule is C=CC(=O)Sc1ccc(-c2ccc(/C=C/COc3ccc(SC(=O)C(=C)C)cc3)cc2)cc1. The van der Waals surface area contributed by atoms with E-state index in [4.69, 9.17) is 4.74 Å². The third kappa shape index (κ3) is 7.67. The van der Waals surface area contributed by atoms with Gasteiger partial charge in [0, 0.05) is 9.79 Å². The number of carbonyl (C=O) groups is 2. The number of hydrogen-bond donors (Lipinski definition) is 0. The summed E-state index contributed by atoms with van der Waals surface area (Å²) < 4.78 is 5.74. The van der Waals surface area contributed by atoms with Crippen molar-refractivity contribution in [2.24, 2.45) is 0 Å². The summed E-state index contributed by atoms with van der Waals surface area (Å²) in [5, 5.41) is -0.0948. The van der Waals surface area contributed by atoms with Gasteiger partial charge in [0.25, 0.3) is 0 Å². The number of rotatable bonds is 9. The molecule has 3 rings (SSSR count). The van der Waals surface area contributed by atoms with Gasteiger partial charge in [-0.05, 0) is 101 Å². The molecule has 0 saturated heterocycles. The minimum atomic E-state index is -0.0611. The fraction of sp³-hybridized carbons (Fsp3) is 0.0714. The summed E-state index contributed by atoms with van der Waals surface area (Å²) in [6, 6.07) is 23.6. The number of benzene rings is 3. The van der Waals surface area contributed by atoms with E-state index in [2.05, 4.69) is 37.4 Å². The largest absolute Gasteiger partial charge is 0.490 e. The summed E-state index contributed by atoms with van der Waals surface area (Å²) in [5.74, 6) is 0.749. The summed E-state index contributed by atoms with van der Waals surface area (Å²) in [6.07, 6.45) is 5.30. The summed E-state index contributed by atoms with van der Waals surface area (Å²) in [5.41, 5.74) is 3.82. The minimum Gasteiger partial charge on any atom is -0.490 e. The Morgan fingerprint density at radius 3 is 1.97 bits per heavy atom. The Labute approximate surface area is 203 Å². The van der Waals surface area contributed by atoms with Crippen LogP contribution in [0, 0.1) is 0 Å². The van der Waals surface area contributed by atoms with E-state index in [0.717, 1.165) is 44.0 Å². The van der Waals surface area contributed by atoms with Crippen molar-refractivity contribution in [2.75, 3.05) is 6.61 Å². The van der Waals surface area contributed by atoms with Crippen molar-refractivity contribution in [3.05, 3.63) is 109 Å². The van der Waals surface area contributed by atoms with Crippen molar-refractivity contribution in [3.63, 3.8) is 0 Å². The molecule has 0 aliphatic heterocycles. The molecular weight excluding hydrogens is 448 g/mol. The zero-order valence-corrected chi connectivity index (χ0v) is 20.0. The van der Waals surface area contributed by atoms with Crippen LogP contribution in [0.4, 0.5) is 0 Å². The number of hydrogen-bond acceptors (Lipinski definition) is 5. The van der Waals surface area contributed by atoms with Gasteiger partial charge in [-0.25, -0.2) is 0 Å². The van der Waals surface area contributed by atoms with Crippen LogP contribution in [0.3, 0.4) is 0 Å². The molecule has 0 aromatic heterocycles. The summed E-state index contributed by atoms with van der Waals surface area (Å²) in [7, 11) is 0. The van der Waals surface area contributed by atoms with E-state index >= 15 is 0 Å². The summed E-state index contributed by atoms with van der Waals surface area (Å²) >= 11 is 2.33. The standard InChI is InChI=1S/C28H24O3S2/c1-4-27(29)32-25-15-11-23(12-16-25)22-9-7-21(8-10-22)6-5-19-31-24-13-17-26(18-14-24)33-28(30)20(2)3/h4-18H,1-2,19H2,3H3/b6-5+. The Morgan fingerprint density at radius 2 is 1.39 bits per heavy atom. The van der Waals surface area contributed by atoms with Gasteiger partial charge in [0.05, 0.1) is 0 Å². The predicted octanol–water partition coefficient (Wildman–Crippen LogP) is 7.45. The highest BCUT2D eigenvalue weighted by molar-refractivity contribution is 8.14. The highest BCUT2D eigenvalue weighted by Crippen LogP contribution is 2.26. The van der Waals surface area contributed by atoms with Gasteiger partial charge in [-0.3, -0.25) is 9.59 Å². The first kappa shape index (κ1) is 24.4. The van der Waals surface area contributed by atoms with Crippen LogP contribution in [-0.4, -0.2) is 16.8 Å². The van der Waals surface area contributed by atoms with Crippen molar-refractivity contribution in [2.45, 2.75) is 16.7 Å². The van der Waals surface area contributed by atoms with Crippen LogP contribution in [0.25, 0.3) is 17.2 Å². The van der Waals surface area contributed by atoms with Crippen LogP contribution in [0.15, 0.2) is 113 Å². The van der Waals surface area contributed by atoms with Gasteiger partial charge >= 0.3 is 0 Å². The molecular formula is C28H24O3S2. The zero-order chi connectivity index (χ0) is 23.6. The van der Waals surface area contributed by atoms with Gasteiger partial charge < -0.3 is 4.74 Å². The molecule has 5 heteroatoms. The van der Waals surface area contributed by atoms with E-state index in [0.29, 0.717) is 12.2 Å². The predicted molar refractivity (Wildman–Crippen MR) is 140 cm³/mol. The molecule has 0 amide bonds. The lowest BCUT2D eigenvalue weighted by Gasteiger charge is -2.05. The van der Waals surface area contributed by atoms with E-state index < -0.39 is 0 Å². The van der Waals surface area contributed by atoms with Gasteiger partial charge in [-0.15, -0.1) is 0 Å². The van der Waals surface area contributed by atoms with Gasteiger partial charge in [-0.2, -0.15) is 0 Å². The third-order valence-corrected chi connectivity index (χ3v) is 6.44. The van der Waals surface area contributed by atoms with Gasteiger partial charge in [-0.1, -0.05) is 55.6 Å². The first-order chi connectivity index (χ1) is 15.9. The molecule has 0 heterocycles. The maximum atomic E-state index is 11.7. The van der Waals surface area contributed by atoms with Crippen LogP contribution >= 0.6 is 23.5 Å². The van der Waals surface area contributed by atoms with Crippen molar-refractivity contribution in [3.8, 4) is 16.9 Å². The minimum absolute atomic E-state index is 0.0337. The molecule has 3 nitrogen and oxygen atoms in total. The molecule has 3 aromatic rings. The van der Waals surface area contributed by atoms with Crippen LogP contribution in [-0.2, 0) is 9.59 Å². The molecule has 0 saturated carbocycles. The molecule has 0 N–H and O–H groups in total. The number of carbonyl (C=O) groups excluding carboxylic acids is 2. The average Bonchev–Trinajstić information content (AvgIpc) is 2.83. The first-order valence-corrected chi connectivity index (χ1v) is 11.9. The van der Waals surface area contributed by atoms with Gasteiger partial charge in [0.15, 0.2) is 0 Å².